The summed E-state index contributed by atoms with van der Waals surface area (Å²) in [6.07, 6.45) is 0. The highest BCUT2D eigenvalue weighted by molar-refractivity contribution is 9.10. The molecular formula is C18H21BrN2O3S. The van der Waals surface area contributed by atoms with Crippen LogP contribution in [-0.2, 0) is 10.0 Å². The molecule has 5 nitrogen and oxygen atoms in total. The lowest BCUT2D eigenvalue weighted by Crippen LogP contribution is -2.39. The molecule has 0 unspecified atom stereocenters. The van der Waals surface area contributed by atoms with E-state index >= 15 is 0 Å². The first kappa shape index (κ1) is 18.4. The lowest BCUT2D eigenvalue weighted by atomic mass is 9.95. The fourth-order valence-electron chi connectivity index (χ4n) is 3.28. The van der Waals surface area contributed by atoms with Crippen molar-refractivity contribution in [3.8, 4) is 5.75 Å². The Morgan fingerprint density at radius 3 is 2.56 bits per heavy atom. The highest BCUT2D eigenvalue weighted by Crippen LogP contribution is 2.31. The van der Waals surface area contributed by atoms with Crippen LogP contribution in [0.4, 0.5) is 0 Å². The number of sulfonamides is 1. The first-order valence-corrected chi connectivity index (χ1v) is 10.3. The average molecular weight is 425 g/mol. The zero-order chi connectivity index (χ0) is 18.0. The van der Waals surface area contributed by atoms with Crippen molar-refractivity contribution < 1.29 is 13.2 Å². The van der Waals surface area contributed by atoms with Crippen molar-refractivity contribution in [3.63, 3.8) is 0 Å². The molecule has 0 bridgehead atoms. The van der Waals surface area contributed by atoms with Crippen LogP contribution in [0.15, 0.2) is 57.9 Å². The van der Waals surface area contributed by atoms with Gasteiger partial charge in [-0.3, -0.25) is 0 Å². The molecule has 0 spiro atoms. The van der Waals surface area contributed by atoms with Crippen LogP contribution in [0, 0.1) is 0 Å². The Labute approximate surface area is 157 Å². The van der Waals surface area contributed by atoms with Crippen LogP contribution in [0.1, 0.15) is 11.5 Å². The molecule has 0 amide bonds. The van der Waals surface area contributed by atoms with E-state index in [1.165, 1.54) is 7.11 Å². The van der Waals surface area contributed by atoms with Gasteiger partial charge in [0.15, 0.2) is 0 Å². The SMILES string of the molecule is COc1ccc(Br)cc1S(=O)(=O)N[C@H]1CN(C)C[C@@H]1c1ccccc1. The lowest BCUT2D eigenvalue weighted by molar-refractivity contribution is 0.399. The molecular weight excluding hydrogens is 404 g/mol. The van der Waals surface area contributed by atoms with Gasteiger partial charge in [-0.05, 0) is 30.8 Å². The number of nitrogens with one attached hydrogen (secondary N) is 1. The number of ether oxygens (including phenoxy) is 1. The fraction of sp³-hybridized carbons (Fsp3) is 0.333. The minimum atomic E-state index is -3.70. The van der Waals surface area contributed by atoms with Crippen molar-refractivity contribution in [1.82, 2.24) is 9.62 Å². The molecule has 1 heterocycles. The van der Waals surface area contributed by atoms with Gasteiger partial charge in [-0.15, -0.1) is 0 Å². The average Bonchev–Trinajstić information content (AvgIpc) is 2.95. The number of likely N-dealkylation sites (N-methyl/N-ethyl adjacent to an activating group) is 1. The molecule has 0 radical (unpaired) electrons. The summed E-state index contributed by atoms with van der Waals surface area (Å²) in [7, 11) is -0.230. The summed E-state index contributed by atoms with van der Waals surface area (Å²) in [6, 6.07) is 14.8. The highest BCUT2D eigenvalue weighted by atomic mass is 79.9. The van der Waals surface area contributed by atoms with E-state index in [-0.39, 0.29) is 16.9 Å². The summed E-state index contributed by atoms with van der Waals surface area (Å²) < 4.78 is 34.8. The van der Waals surface area contributed by atoms with Gasteiger partial charge < -0.3 is 9.64 Å². The Morgan fingerprint density at radius 2 is 1.88 bits per heavy atom. The van der Waals surface area contributed by atoms with Gasteiger partial charge in [0.1, 0.15) is 10.6 Å². The molecule has 134 valence electrons. The molecule has 0 aromatic heterocycles. The highest BCUT2D eigenvalue weighted by Gasteiger charge is 2.35. The summed E-state index contributed by atoms with van der Waals surface area (Å²) in [4.78, 5) is 2.29. The topological polar surface area (TPSA) is 58.6 Å². The standard InChI is InChI=1S/C18H21BrN2O3S/c1-21-11-15(13-6-4-3-5-7-13)16(12-21)20-25(22,23)18-10-14(19)8-9-17(18)24-2/h3-10,15-16,20H,11-12H2,1-2H3/t15-,16+/m1/s1. The van der Waals surface area contributed by atoms with Crippen molar-refractivity contribution in [2.75, 3.05) is 27.2 Å². The third-order valence-corrected chi connectivity index (χ3v) is 6.46. The van der Waals surface area contributed by atoms with E-state index in [0.717, 1.165) is 12.1 Å². The Hall–Kier alpha value is -1.41. The molecule has 3 rings (SSSR count). The molecule has 2 atom stereocenters. The molecule has 7 heteroatoms. The van der Waals surface area contributed by atoms with Crippen LogP contribution in [0.5, 0.6) is 5.75 Å². The summed E-state index contributed by atoms with van der Waals surface area (Å²) in [5.41, 5.74) is 1.14. The van der Waals surface area contributed by atoms with Gasteiger partial charge in [-0.2, -0.15) is 0 Å². The maximum atomic E-state index is 13.0. The summed E-state index contributed by atoms with van der Waals surface area (Å²) in [6.45, 7) is 1.47. The number of rotatable bonds is 5. The number of hydrogen-bond acceptors (Lipinski definition) is 4. The predicted molar refractivity (Wildman–Crippen MR) is 101 cm³/mol. The van der Waals surface area contributed by atoms with E-state index in [1.54, 1.807) is 18.2 Å². The van der Waals surface area contributed by atoms with Gasteiger partial charge in [0, 0.05) is 29.5 Å². The van der Waals surface area contributed by atoms with Gasteiger partial charge in [0.25, 0.3) is 0 Å². The van der Waals surface area contributed by atoms with Gasteiger partial charge in [-0.25, -0.2) is 13.1 Å². The fourth-order valence-corrected chi connectivity index (χ4v) is 5.26. The van der Waals surface area contributed by atoms with Crippen molar-refractivity contribution in [2.24, 2.45) is 0 Å². The van der Waals surface area contributed by atoms with Gasteiger partial charge in [0.2, 0.25) is 10.0 Å². The smallest absolute Gasteiger partial charge is 0.244 e. The molecule has 1 saturated heterocycles. The Morgan fingerprint density at radius 1 is 1.16 bits per heavy atom. The summed E-state index contributed by atoms with van der Waals surface area (Å²) in [5.74, 6) is 0.442. The molecule has 1 aliphatic rings. The maximum Gasteiger partial charge on any atom is 0.244 e. The van der Waals surface area contributed by atoms with Crippen molar-refractivity contribution in [1.29, 1.82) is 0 Å². The van der Waals surface area contributed by atoms with Crippen LogP contribution in [0.2, 0.25) is 0 Å². The number of methoxy groups -OCH3 is 1. The van der Waals surface area contributed by atoms with E-state index in [9.17, 15) is 8.42 Å². The molecule has 0 saturated carbocycles. The first-order valence-electron chi connectivity index (χ1n) is 8.00. The van der Waals surface area contributed by atoms with Crippen LogP contribution >= 0.6 is 15.9 Å². The van der Waals surface area contributed by atoms with Crippen molar-refractivity contribution in [2.45, 2.75) is 16.9 Å². The summed E-state index contributed by atoms with van der Waals surface area (Å²) in [5, 5.41) is 0. The van der Waals surface area contributed by atoms with E-state index in [2.05, 4.69) is 25.6 Å². The van der Waals surface area contributed by atoms with E-state index in [4.69, 9.17) is 4.74 Å². The minimum Gasteiger partial charge on any atom is -0.495 e. The maximum absolute atomic E-state index is 13.0. The van der Waals surface area contributed by atoms with Crippen LogP contribution in [0.3, 0.4) is 0 Å². The second-order valence-electron chi connectivity index (χ2n) is 6.26. The zero-order valence-corrected chi connectivity index (χ0v) is 16.5. The molecule has 25 heavy (non-hydrogen) atoms. The molecule has 2 aromatic carbocycles. The van der Waals surface area contributed by atoms with Crippen molar-refractivity contribution >= 4 is 26.0 Å². The van der Waals surface area contributed by atoms with Crippen LogP contribution in [-0.4, -0.2) is 46.6 Å². The Balaban J connectivity index is 1.91. The van der Waals surface area contributed by atoms with E-state index in [1.807, 2.05) is 37.4 Å². The summed E-state index contributed by atoms with van der Waals surface area (Å²) >= 11 is 3.33. The predicted octanol–water partition coefficient (Wildman–Crippen LogP) is 2.83. The molecule has 1 aliphatic heterocycles. The van der Waals surface area contributed by atoms with Crippen LogP contribution < -0.4 is 9.46 Å². The molecule has 1 fully saturated rings. The first-order chi connectivity index (χ1) is 11.9. The van der Waals surface area contributed by atoms with Gasteiger partial charge in [0.05, 0.1) is 7.11 Å². The van der Waals surface area contributed by atoms with Gasteiger partial charge in [-0.1, -0.05) is 46.3 Å². The van der Waals surface area contributed by atoms with Gasteiger partial charge >= 0.3 is 0 Å². The molecule has 1 N–H and O–H groups in total. The molecule has 2 aromatic rings. The number of hydrogen-bond donors (Lipinski definition) is 1. The third kappa shape index (κ3) is 4.06. The molecule has 0 aliphatic carbocycles. The monoisotopic (exact) mass is 424 g/mol. The van der Waals surface area contributed by atoms with E-state index in [0.29, 0.717) is 16.8 Å². The number of halogens is 1. The minimum absolute atomic E-state index is 0.110. The number of nitrogens with zero attached hydrogens (tertiary/aromatic N) is 1. The second-order valence-corrected chi connectivity index (χ2v) is 8.86. The Kier molecular flexibility index (Phi) is 5.48. The van der Waals surface area contributed by atoms with Crippen LogP contribution in [0.25, 0.3) is 0 Å². The third-order valence-electron chi connectivity index (χ3n) is 4.45. The van der Waals surface area contributed by atoms with Crippen molar-refractivity contribution in [3.05, 3.63) is 58.6 Å². The second kappa shape index (κ2) is 7.45. The zero-order valence-electron chi connectivity index (χ0n) is 14.1. The Bertz CT molecular complexity index is 843. The van der Waals surface area contributed by atoms with E-state index < -0.39 is 10.0 Å². The lowest BCUT2D eigenvalue weighted by Gasteiger charge is -2.21. The number of benzene rings is 2. The largest absolute Gasteiger partial charge is 0.495 e. The number of likely N-dealkylation sites (tertiary alicyclic amines) is 1. The quantitative estimate of drug-likeness (QED) is 0.801. The normalized spacial score (nSPS) is 21.4.